The number of ketones is 1. The number of nitrogens with one attached hydrogen (secondary N) is 1. The number of methoxy groups -OCH3 is 1. The Labute approximate surface area is 125 Å². The molecule has 0 aromatic heterocycles. The van der Waals surface area contributed by atoms with Crippen molar-refractivity contribution in [1.82, 2.24) is 5.32 Å². The number of rotatable bonds is 5. The molecule has 1 N–H and O–H groups in total. The molecule has 0 heterocycles. The van der Waals surface area contributed by atoms with E-state index in [-0.39, 0.29) is 44.8 Å². The second kappa shape index (κ2) is 13.2. The molecule has 0 bridgehead atoms. The summed E-state index contributed by atoms with van der Waals surface area (Å²) < 4.78 is 4.50. The zero-order valence-corrected chi connectivity index (χ0v) is 14.8. The molecule has 5 heteroatoms. The van der Waals surface area contributed by atoms with Gasteiger partial charge in [0.2, 0.25) is 5.91 Å². The van der Waals surface area contributed by atoms with Gasteiger partial charge in [-0.15, -0.1) is 13.0 Å². The molecular formula is C13H25NO3W. The van der Waals surface area contributed by atoms with Crippen LogP contribution in [0.25, 0.3) is 0 Å². The molecular weight excluding hydrogens is 402 g/mol. The molecule has 0 unspecified atom stereocenters. The molecule has 0 aromatic carbocycles. The Morgan fingerprint density at radius 1 is 1.22 bits per heavy atom. The standard InChI is InChI=1S/C8H16NO.C5H9O2.W/c1-5-9-7(10)6-8(2,3)4;1-3-5(6)4-7-2;/h1,5-6H2,2-4H3,(H,9,10);1,3-4H2,2H3;/q2*-1;+2. The van der Waals surface area contributed by atoms with Crippen LogP contribution in [0.4, 0.5) is 0 Å². The van der Waals surface area contributed by atoms with E-state index in [9.17, 15) is 9.59 Å². The second-order valence-electron chi connectivity index (χ2n) is 4.81. The van der Waals surface area contributed by atoms with E-state index in [4.69, 9.17) is 0 Å². The zero-order chi connectivity index (χ0) is 13.9. The summed E-state index contributed by atoms with van der Waals surface area (Å²) in [6.07, 6.45) is 0.899. The molecule has 18 heavy (non-hydrogen) atoms. The van der Waals surface area contributed by atoms with Gasteiger partial charge in [0.15, 0.2) is 0 Å². The Bertz CT molecular complexity index is 225. The van der Waals surface area contributed by atoms with Gasteiger partial charge in [0, 0.05) is 13.5 Å². The van der Waals surface area contributed by atoms with Crippen LogP contribution >= 0.6 is 0 Å². The molecule has 0 aromatic rings. The van der Waals surface area contributed by atoms with Crippen molar-refractivity contribution < 1.29 is 35.4 Å². The predicted molar refractivity (Wildman–Crippen MR) is 69.3 cm³/mol. The third-order valence-corrected chi connectivity index (χ3v) is 1.60. The van der Waals surface area contributed by atoms with Crippen molar-refractivity contribution in [1.29, 1.82) is 0 Å². The molecule has 0 aliphatic rings. The molecule has 4 nitrogen and oxygen atoms in total. The Morgan fingerprint density at radius 3 is 1.94 bits per heavy atom. The van der Waals surface area contributed by atoms with Crippen LogP contribution in [0.1, 0.15) is 33.6 Å². The molecule has 0 atom stereocenters. The van der Waals surface area contributed by atoms with Gasteiger partial charge < -0.3 is 28.7 Å². The van der Waals surface area contributed by atoms with Gasteiger partial charge in [-0.25, -0.2) is 0 Å². The Balaban J connectivity index is -0.000000251. The minimum Gasteiger partial charge on any atom is -0.386 e. The number of carbonyl (C=O) groups is 2. The van der Waals surface area contributed by atoms with Crippen LogP contribution in [0.15, 0.2) is 0 Å². The smallest absolute Gasteiger partial charge is 0.386 e. The second-order valence-corrected chi connectivity index (χ2v) is 4.81. The average Bonchev–Trinajstić information content (AvgIpc) is 2.16. The molecule has 0 fully saturated rings. The van der Waals surface area contributed by atoms with Gasteiger partial charge in [0.1, 0.15) is 12.4 Å². The molecule has 0 aliphatic carbocycles. The van der Waals surface area contributed by atoms with E-state index in [1.807, 2.05) is 20.8 Å². The molecule has 0 spiro atoms. The van der Waals surface area contributed by atoms with E-state index >= 15 is 0 Å². The van der Waals surface area contributed by atoms with Crippen LogP contribution in [-0.4, -0.2) is 32.0 Å². The Kier molecular flexibility index (Phi) is 16.8. The molecule has 0 saturated heterocycles. The van der Waals surface area contributed by atoms with Gasteiger partial charge in [-0.3, -0.25) is 4.79 Å². The van der Waals surface area contributed by atoms with E-state index in [2.05, 4.69) is 23.9 Å². The molecule has 0 radical (unpaired) electrons. The van der Waals surface area contributed by atoms with E-state index in [1.165, 1.54) is 7.11 Å². The normalized spacial score (nSPS) is 9.67. The Hall–Kier alpha value is -0.212. The minimum atomic E-state index is 0. The van der Waals surface area contributed by atoms with Crippen molar-refractivity contribution in [2.45, 2.75) is 33.6 Å². The van der Waals surface area contributed by atoms with Crippen molar-refractivity contribution >= 4 is 11.7 Å². The fourth-order valence-electron chi connectivity index (χ4n) is 0.917. The summed E-state index contributed by atoms with van der Waals surface area (Å²) in [5.41, 5.74) is 0.0826. The fourth-order valence-corrected chi connectivity index (χ4v) is 0.917. The van der Waals surface area contributed by atoms with Gasteiger partial charge >= 0.3 is 21.1 Å². The maximum atomic E-state index is 10.9. The first-order valence-electron chi connectivity index (χ1n) is 5.62. The summed E-state index contributed by atoms with van der Waals surface area (Å²) in [6, 6.07) is 0. The molecule has 1 amide bonds. The molecule has 0 aliphatic heterocycles. The van der Waals surface area contributed by atoms with Crippen LogP contribution in [-0.2, 0) is 35.4 Å². The quantitative estimate of drug-likeness (QED) is 0.682. The summed E-state index contributed by atoms with van der Waals surface area (Å²) >= 11 is 0. The van der Waals surface area contributed by atoms with Crippen LogP contribution in [0.2, 0.25) is 0 Å². The van der Waals surface area contributed by atoms with Gasteiger partial charge in [-0.2, -0.15) is 0 Å². The molecule has 106 valence electrons. The minimum absolute atomic E-state index is 0. The van der Waals surface area contributed by atoms with Crippen molar-refractivity contribution in [2.75, 3.05) is 20.3 Å². The SMILES string of the molecule is [CH2-]CC(=O)COC.[CH2-]CNC(=O)CC(C)(C)C.[W+2]. The van der Waals surface area contributed by atoms with E-state index in [0.29, 0.717) is 19.4 Å². The van der Waals surface area contributed by atoms with Crippen LogP contribution in [0.5, 0.6) is 0 Å². The van der Waals surface area contributed by atoms with Crippen molar-refractivity contribution in [3.63, 3.8) is 0 Å². The van der Waals surface area contributed by atoms with Gasteiger partial charge in [-0.05, 0) is 5.41 Å². The summed E-state index contributed by atoms with van der Waals surface area (Å²) in [7, 11) is 1.49. The summed E-state index contributed by atoms with van der Waals surface area (Å²) in [6.45, 7) is 13.7. The van der Waals surface area contributed by atoms with Crippen molar-refractivity contribution in [3.05, 3.63) is 13.8 Å². The van der Waals surface area contributed by atoms with Gasteiger partial charge in [0.05, 0.1) is 0 Å². The average molecular weight is 427 g/mol. The van der Waals surface area contributed by atoms with Crippen molar-refractivity contribution in [3.8, 4) is 0 Å². The maximum Gasteiger partial charge on any atom is 2.00 e. The number of hydrogen-bond acceptors (Lipinski definition) is 3. The number of carbonyl (C=O) groups excluding carboxylic acids is 2. The third kappa shape index (κ3) is 21.1. The summed E-state index contributed by atoms with van der Waals surface area (Å²) in [4.78, 5) is 21.1. The first-order chi connectivity index (χ1) is 7.76. The number of ether oxygens (including phenoxy) is 1. The van der Waals surface area contributed by atoms with Crippen LogP contribution < -0.4 is 5.32 Å². The molecule has 0 saturated carbocycles. The number of hydrogen-bond donors (Lipinski definition) is 1. The topological polar surface area (TPSA) is 55.4 Å². The van der Waals surface area contributed by atoms with Crippen molar-refractivity contribution in [2.24, 2.45) is 5.41 Å². The van der Waals surface area contributed by atoms with E-state index in [0.717, 1.165) is 0 Å². The van der Waals surface area contributed by atoms with Crippen LogP contribution in [0.3, 0.4) is 0 Å². The number of Topliss-reactive ketones (excluding diaryl/α,β-unsaturated/α-hetero) is 1. The third-order valence-electron chi connectivity index (χ3n) is 1.60. The zero-order valence-electron chi connectivity index (χ0n) is 11.9. The van der Waals surface area contributed by atoms with Crippen LogP contribution in [0, 0.1) is 19.3 Å². The van der Waals surface area contributed by atoms with E-state index in [1.54, 1.807) is 0 Å². The van der Waals surface area contributed by atoms with Gasteiger partial charge in [0.25, 0.3) is 0 Å². The fraction of sp³-hybridized carbons (Fsp3) is 0.692. The van der Waals surface area contributed by atoms with E-state index < -0.39 is 0 Å². The maximum absolute atomic E-state index is 10.9. The predicted octanol–water partition coefficient (Wildman–Crippen LogP) is 1.80. The summed E-state index contributed by atoms with van der Waals surface area (Å²) in [5.74, 6) is 0.130. The number of amides is 1. The summed E-state index contributed by atoms with van der Waals surface area (Å²) in [5, 5.41) is 2.65. The first-order valence-corrected chi connectivity index (χ1v) is 5.62. The first kappa shape index (κ1) is 22.9. The van der Waals surface area contributed by atoms with Gasteiger partial charge in [-0.1, -0.05) is 20.8 Å². The molecule has 0 rings (SSSR count). The Morgan fingerprint density at radius 2 is 1.72 bits per heavy atom. The monoisotopic (exact) mass is 427 g/mol. The largest absolute Gasteiger partial charge is 2.00 e.